The number of carbonyl (C=O) groups excluding carboxylic acids is 1. The van der Waals surface area contributed by atoms with Crippen LogP contribution in [0.1, 0.15) is 30.1 Å². The van der Waals surface area contributed by atoms with Gasteiger partial charge in [0.2, 0.25) is 0 Å². The molecule has 0 aliphatic heterocycles. The van der Waals surface area contributed by atoms with E-state index in [1.165, 1.54) is 18.2 Å². The van der Waals surface area contributed by atoms with Crippen LogP contribution >= 0.6 is 0 Å². The van der Waals surface area contributed by atoms with Gasteiger partial charge in [0, 0.05) is 17.8 Å². The molecule has 2 aromatic carbocycles. The van der Waals surface area contributed by atoms with E-state index in [9.17, 15) is 18.3 Å². The molecule has 2 rings (SSSR count). The number of sulfonamides is 1. The maximum atomic E-state index is 12.3. The van der Waals surface area contributed by atoms with E-state index >= 15 is 0 Å². The third kappa shape index (κ3) is 5.58. The smallest absolute Gasteiger partial charge is 0.261 e. The molecule has 1 atom stereocenters. The van der Waals surface area contributed by atoms with Crippen molar-refractivity contribution in [2.75, 3.05) is 11.3 Å². The number of aliphatic hydroxyl groups is 1. The van der Waals surface area contributed by atoms with E-state index in [4.69, 9.17) is 0 Å². The summed E-state index contributed by atoms with van der Waals surface area (Å²) in [5.41, 5.74) is 0.613. The van der Waals surface area contributed by atoms with Crippen molar-refractivity contribution in [2.45, 2.75) is 30.8 Å². The zero-order chi connectivity index (χ0) is 18.3. The summed E-state index contributed by atoms with van der Waals surface area (Å²) in [5.74, 6) is -0.365. The first-order valence-corrected chi connectivity index (χ1v) is 9.55. The minimum absolute atomic E-state index is 0.146. The van der Waals surface area contributed by atoms with Crippen molar-refractivity contribution in [3.8, 4) is 0 Å². The molecule has 6 nitrogen and oxygen atoms in total. The highest BCUT2D eigenvalue weighted by molar-refractivity contribution is 7.92. The summed E-state index contributed by atoms with van der Waals surface area (Å²) in [6, 6.07) is 14.2. The van der Waals surface area contributed by atoms with Crippen molar-refractivity contribution < 1.29 is 18.3 Å². The number of hydrogen-bond acceptors (Lipinski definition) is 4. The second kappa shape index (κ2) is 8.64. The van der Waals surface area contributed by atoms with Gasteiger partial charge in [-0.3, -0.25) is 9.52 Å². The number of anilines is 1. The Kier molecular flexibility index (Phi) is 6.55. The zero-order valence-corrected chi connectivity index (χ0v) is 14.8. The maximum absolute atomic E-state index is 12.3. The van der Waals surface area contributed by atoms with E-state index in [0.717, 1.165) is 6.42 Å². The minimum Gasteiger partial charge on any atom is -0.391 e. The summed E-state index contributed by atoms with van der Waals surface area (Å²) >= 11 is 0. The van der Waals surface area contributed by atoms with Crippen LogP contribution in [0.25, 0.3) is 0 Å². The summed E-state index contributed by atoms with van der Waals surface area (Å²) in [4.78, 5) is 12.3. The monoisotopic (exact) mass is 362 g/mol. The summed E-state index contributed by atoms with van der Waals surface area (Å²) in [6.45, 7) is 2.11. The molecule has 0 aliphatic carbocycles. The lowest BCUT2D eigenvalue weighted by Crippen LogP contribution is -2.32. The van der Waals surface area contributed by atoms with Crippen LogP contribution in [0.2, 0.25) is 0 Å². The lowest BCUT2D eigenvalue weighted by molar-refractivity contribution is 0.0910. The lowest BCUT2D eigenvalue weighted by Gasteiger charge is -2.12. The van der Waals surface area contributed by atoms with E-state index in [2.05, 4.69) is 10.0 Å². The van der Waals surface area contributed by atoms with Gasteiger partial charge in [-0.15, -0.1) is 0 Å². The maximum Gasteiger partial charge on any atom is 0.261 e. The summed E-state index contributed by atoms with van der Waals surface area (Å²) in [6.07, 6.45) is 0.846. The fourth-order valence-corrected chi connectivity index (χ4v) is 3.36. The normalized spacial score (nSPS) is 12.4. The molecular weight excluding hydrogens is 340 g/mol. The highest BCUT2D eigenvalue weighted by Crippen LogP contribution is 2.17. The first-order chi connectivity index (χ1) is 11.9. The van der Waals surface area contributed by atoms with Crippen molar-refractivity contribution in [1.29, 1.82) is 0 Å². The Hall–Kier alpha value is -2.38. The summed E-state index contributed by atoms with van der Waals surface area (Å²) < 4.78 is 27.1. The van der Waals surface area contributed by atoms with Crippen LogP contribution < -0.4 is 10.0 Å². The Morgan fingerprint density at radius 2 is 1.84 bits per heavy atom. The molecule has 0 aromatic heterocycles. The fourth-order valence-electron chi connectivity index (χ4n) is 2.29. The third-order valence-electron chi connectivity index (χ3n) is 3.55. The molecule has 0 aliphatic rings. The molecule has 0 heterocycles. The Morgan fingerprint density at radius 1 is 1.12 bits per heavy atom. The van der Waals surface area contributed by atoms with Gasteiger partial charge in [0.15, 0.2) is 0 Å². The van der Waals surface area contributed by atoms with Gasteiger partial charge in [-0.1, -0.05) is 37.6 Å². The molecule has 0 saturated carbocycles. The Morgan fingerprint density at radius 3 is 2.52 bits per heavy atom. The minimum atomic E-state index is -3.71. The van der Waals surface area contributed by atoms with Crippen LogP contribution in [-0.4, -0.2) is 32.1 Å². The SMILES string of the molecule is CCCC(O)CNC(=O)c1cccc(NS(=O)(=O)c2ccccc2)c1. The topological polar surface area (TPSA) is 95.5 Å². The van der Waals surface area contributed by atoms with Gasteiger partial charge in [-0.2, -0.15) is 0 Å². The van der Waals surface area contributed by atoms with E-state index in [0.29, 0.717) is 17.7 Å². The van der Waals surface area contributed by atoms with Crippen molar-refractivity contribution in [3.05, 3.63) is 60.2 Å². The van der Waals surface area contributed by atoms with Gasteiger partial charge in [0.25, 0.3) is 15.9 Å². The summed E-state index contributed by atoms with van der Waals surface area (Å²) in [5, 5.41) is 12.3. The first kappa shape index (κ1) is 19.0. The lowest BCUT2D eigenvalue weighted by atomic mass is 10.1. The molecule has 2 aromatic rings. The molecule has 0 spiro atoms. The van der Waals surface area contributed by atoms with Crippen LogP contribution in [0.4, 0.5) is 5.69 Å². The quantitative estimate of drug-likeness (QED) is 0.672. The summed E-state index contributed by atoms with van der Waals surface area (Å²) in [7, 11) is -3.71. The predicted molar refractivity (Wildman–Crippen MR) is 96.9 cm³/mol. The number of carbonyl (C=O) groups is 1. The van der Waals surface area contributed by atoms with Crippen molar-refractivity contribution >= 4 is 21.6 Å². The van der Waals surface area contributed by atoms with E-state index in [1.807, 2.05) is 6.92 Å². The molecule has 25 heavy (non-hydrogen) atoms. The van der Waals surface area contributed by atoms with Gasteiger partial charge in [-0.05, 0) is 36.8 Å². The Balaban J connectivity index is 2.07. The highest BCUT2D eigenvalue weighted by atomic mass is 32.2. The molecule has 0 fully saturated rings. The first-order valence-electron chi connectivity index (χ1n) is 8.06. The number of rotatable bonds is 8. The van der Waals surface area contributed by atoms with Crippen LogP contribution in [0, 0.1) is 0 Å². The van der Waals surface area contributed by atoms with Gasteiger partial charge in [-0.25, -0.2) is 8.42 Å². The van der Waals surface area contributed by atoms with Gasteiger partial charge in [0.1, 0.15) is 0 Å². The number of benzene rings is 2. The Labute approximate surface area is 147 Å². The van der Waals surface area contributed by atoms with E-state index in [1.54, 1.807) is 36.4 Å². The molecular formula is C18H22N2O4S. The number of aliphatic hydroxyl groups excluding tert-OH is 1. The van der Waals surface area contributed by atoms with Crippen molar-refractivity contribution in [1.82, 2.24) is 5.32 Å². The number of amides is 1. The Bertz CT molecular complexity index is 807. The van der Waals surface area contributed by atoms with Gasteiger partial charge in [0.05, 0.1) is 11.0 Å². The zero-order valence-electron chi connectivity index (χ0n) is 14.0. The number of nitrogens with one attached hydrogen (secondary N) is 2. The second-order valence-corrected chi connectivity index (χ2v) is 7.33. The van der Waals surface area contributed by atoms with Crippen LogP contribution in [0.3, 0.4) is 0 Å². The largest absolute Gasteiger partial charge is 0.391 e. The molecule has 1 unspecified atom stereocenters. The van der Waals surface area contributed by atoms with E-state index in [-0.39, 0.29) is 17.3 Å². The molecule has 134 valence electrons. The van der Waals surface area contributed by atoms with Gasteiger partial charge >= 0.3 is 0 Å². The molecule has 3 N–H and O–H groups in total. The molecule has 0 saturated heterocycles. The van der Waals surface area contributed by atoms with Gasteiger partial charge < -0.3 is 10.4 Å². The van der Waals surface area contributed by atoms with E-state index < -0.39 is 16.1 Å². The van der Waals surface area contributed by atoms with Crippen molar-refractivity contribution in [3.63, 3.8) is 0 Å². The molecule has 0 bridgehead atoms. The van der Waals surface area contributed by atoms with Crippen LogP contribution in [0.5, 0.6) is 0 Å². The van der Waals surface area contributed by atoms with Crippen LogP contribution in [0.15, 0.2) is 59.5 Å². The second-order valence-electron chi connectivity index (χ2n) is 5.65. The molecule has 0 radical (unpaired) electrons. The standard InChI is InChI=1S/C18H22N2O4S/c1-2-7-16(21)13-19-18(22)14-8-6-9-15(12-14)20-25(23,24)17-10-4-3-5-11-17/h3-6,8-12,16,20-21H,2,7,13H2,1H3,(H,19,22). The average Bonchev–Trinajstić information content (AvgIpc) is 2.60. The number of hydrogen-bond donors (Lipinski definition) is 3. The average molecular weight is 362 g/mol. The fraction of sp³-hybridized carbons (Fsp3) is 0.278. The predicted octanol–water partition coefficient (Wildman–Crippen LogP) is 2.38. The molecule has 1 amide bonds. The third-order valence-corrected chi connectivity index (χ3v) is 4.95. The van der Waals surface area contributed by atoms with Crippen LogP contribution in [-0.2, 0) is 10.0 Å². The van der Waals surface area contributed by atoms with Crippen molar-refractivity contribution in [2.24, 2.45) is 0 Å². The highest BCUT2D eigenvalue weighted by Gasteiger charge is 2.15. The molecule has 7 heteroatoms.